The summed E-state index contributed by atoms with van der Waals surface area (Å²) in [5.41, 5.74) is 1.72. The zero-order chi connectivity index (χ0) is 26.5. The predicted octanol–water partition coefficient (Wildman–Crippen LogP) is 4.17. The van der Waals surface area contributed by atoms with Gasteiger partial charge in [0, 0.05) is 24.6 Å². The second-order valence-corrected chi connectivity index (χ2v) is 10.6. The second kappa shape index (κ2) is 11.9. The van der Waals surface area contributed by atoms with Crippen molar-refractivity contribution in [1.29, 1.82) is 0 Å². The topological polar surface area (TPSA) is 107 Å². The lowest BCUT2D eigenvalue weighted by Gasteiger charge is -2.34. The first-order valence-electron chi connectivity index (χ1n) is 13.4. The van der Waals surface area contributed by atoms with E-state index in [9.17, 15) is 18.8 Å². The van der Waals surface area contributed by atoms with Crippen LogP contribution in [-0.4, -0.2) is 51.2 Å². The Bertz CT molecular complexity index is 1130. The Hall–Kier alpha value is -3.23. The fraction of sp³-hybridized carbons (Fsp3) is 0.571. The van der Waals surface area contributed by atoms with Crippen molar-refractivity contribution in [2.45, 2.75) is 90.3 Å². The molecule has 0 radical (unpaired) electrons. The molecule has 1 aromatic heterocycles. The van der Waals surface area contributed by atoms with Crippen LogP contribution in [0, 0.1) is 18.7 Å². The maximum absolute atomic E-state index is 14.4. The minimum absolute atomic E-state index is 0.0873. The Kier molecular flexibility index (Phi) is 8.61. The van der Waals surface area contributed by atoms with Gasteiger partial charge in [-0.25, -0.2) is 9.37 Å². The summed E-state index contributed by atoms with van der Waals surface area (Å²) in [6, 6.07) is 3.58. The largest absolute Gasteiger partial charge is 0.345 e. The molecule has 0 bridgehead atoms. The number of carbonyl (C=O) groups excluding carboxylic acids is 3. The van der Waals surface area contributed by atoms with Gasteiger partial charge in [0.1, 0.15) is 17.7 Å². The van der Waals surface area contributed by atoms with Crippen molar-refractivity contribution in [2.75, 3.05) is 6.54 Å². The molecular formula is C28H38FN5O3. The maximum atomic E-state index is 14.4. The van der Waals surface area contributed by atoms with Gasteiger partial charge in [0.2, 0.25) is 17.7 Å². The van der Waals surface area contributed by atoms with Crippen molar-refractivity contribution < 1.29 is 18.8 Å². The Balaban J connectivity index is 1.42. The number of aromatic nitrogens is 2. The van der Waals surface area contributed by atoms with Crippen LogP contribution < -0.4 is 10.6 Å². The Morgan fingerprint density at radius 3 is 2.68 bits per heavy atom. The highest BCUT2D eigenvalue weighted by Crippen LogP contribution is 2.33. The molecule has 2 fully saturated rings. The number of hydrogen-bond donors (Lipinski definition) is 3. The van der Waals surface area contributed by atoms with Crippen LogP contribution in [0.15, 0.2) is 24.4 Å². The second-order valence-electron chi connectivity index (χ2n) is 10.6. The highest BCUT2D eigenvalue weighted by Gasteiger charge is 2.31. The zero-order valence-electron chi connectivity index (χ0n) is 22.0. The molecule has 200 valence electrons. The lowest BCUT2D eigenvalue weighted by molar-refractivity contribution is -0.138. The van der Waals surface area contributed by atoms with Crippen molar-refractivity contribution in [3.63, 3.8) is 0 Å². The molecular weight excluding hydrogens is 473 g/mol. The van der Waals surface area contributed by atoms with Crippen LogP contribution in [0.5, 0.6) is 0 Å². The molecule has 37 heavy (non-hydrogen) atoms. The minimum atomic E-state index is -0.972. The number of amides is 3. The lowest BCUT2D eigenvalue weighted by Crippen LogP contribution is -2.51. The van der Waals surface area contributed by atoms with Gasteiger partial charge < -0.3 is 20.5 Å². The number of piperidine rings is 1. The fourth-order valence-corrected chi connectivity index (χ4v) is 4.89. The minimum Gasteiger partial charge on any atom is -0.345 e. The summed E-state index contributed by atoms with van der Waals surface area (Å²) < 4.78 is 14.4. The van der Waals surface area contributed by atoms with Gasteiger partial charge in [-0.3, -0.25) is 14.4 Å². The number of aryl methyl sites for hydroxylation is 1. The van der Waals surface area contributed by atoms with Gasteiger partial charge in [0.15, 0.2) is 0 Å². The number of carbonyl (C=O) groups is 3. The predicted molar refractivity (Wildman–Crippen MR) is 139 cm³/mol. The van der Waals surface area contributed by atoms with Crippen LogP contribution in [0.1, 0.15) is 82.6 Å². The first-order valence-corrected chi connectivity index (χ1v) is 13.4. The van der Waals surface area contributed by atoms with Crippen molar-refractivity contribution in [2.24, 2.45) is 5.92 Å². The van der Waals surface area contributed by atoms with Crippen LogP contribution >= 0.6 is 0 Å². The molecule has 1 saturated heterocycles. The molecule has 1 aliphatic heterocycles. The number of benzene rings is 1. The number of nitrogens with zero attached hydrogens (tertiary/aromatic N) is 2. The number of hydrogen-bond acceptors (Lipinski definition) is 4. The quantitative estimate of drug-likeness (QED) is 0.445. The van der Waals surface area contributed by atoms with Crippen molar-refractivity contribution in [3.8, 4) is 11.3 Å². The average molecular weight is 512 g/mol. The Morgan fingerprint density at radius 2 is 1.97 bits per heavy atom. The van der Waals surface area contributed by atoms with Gasteiger partial charge in [-0.2, -0.15) is 0 Å². The molecule has 2 heterocycles. The van der Waals surface area contributed by atoms with E-state index in [0.29, 0.717) is 36.0 Å². The molecule has 1 saturated carbocycles. The van der Waals surface area contributed by atoms with Crippen LogP contribution in [0.25, 0.3) is 11.3 Å². The SMILES string of the molecule is Cc1ccc(-c2cnc([C@H](C)NC(=O)[C@H](CC(=O)N3CCCC[C@@H]3C)NC(=O)CCC3CC3)[nH]2)c(F)c1. The third-order valence-corrected chi connectivity index (χ3v) is 7.41. The fourth-order valence-electron chi connectivity index (χ4n) is 4.89. The van der Waals surface area contributed by atoms with Crippen LogP contribution in [-0.2, 0) is 14.4 Å². The van der Waals surface area contributed by atoms with E-state index in [2.05, 4.69) is 20.6 Å². The van der Waals surface area contributed by atoms with Crippen molar-refractivity contribution in [1.82, 2.24) is 25.5 Å². The van der Waals surface area contributed by atoms with E-state index in [4.69, 9.17) is 0 Å². The van der Waals surface area contributed by atoms with Gasteiger partial charge in [-0.1, -0.05) is 18.9 Å². The van der Waals surface area contributed by atoms with Crippen LogP contribution in [0.4, 0.5) is 4.39 Å². The molecule has 2 aliphatic rings. The van der Waals surface area contributed by atoms with Gasteiger partial charge >= 0.3 is 0 Å². The van der Waals surface area contributed by atoms with Crippen molar-refractivity contribution in [3.05, 3.63) is 41.6 Å². The summed E-state index contributed by atoms with van der Waals surface area (Å²) in [7, 11) is 0. The number of rotatable bonds is 10. The number of halogens is 1. The van der Waals surface area contributed by atoms with Gasteiger partial charge in [0.05, 0.1) is 24.4 Å². The van der Waals surface area contributed by atoms with E-state index >= 15 is 0 Å². The zero-order valence-corrected chi connectivity index (χ0v) is 22.0. The molecule has 1 aromatic carbocycles. The molecule has 4 rings (SSSR count). The monoisotopic (exact) mass is 511 g/mol. The molecule has 1 aliphatic carbocycles. The van der Waals surface area contributed by atoms with Crippen LogP contribution in [0.3, 0.4) is 0 Å². The molecule has 3 atom stereocenters. The normalized spacial score (nSPS) is 19.2. The standard InChI is InChI=1S/C28H38FN5O3/c1-17-7-11-21(22(29)14-17)24-16-30-27(33-24)19(3)31-28(37)23(32-25(35)12-10-20-8-9-20)15-26(36)34-13-5-4-6-18(34)2/h7,11,14,16,18-20,23H,4-6,8-10,12-13,15H2,1-3H3,(H,30,33)(H,31,37)(H,32,35)/t18-,19-,23-/m0/s1. The summed E-state index contributed by atoms with van der Waals surface area (Å²) in [6.45, 7) is 6.27. The van der Waals surface area contributed by atoms with E-state index in [0.717, 1.165) is 44.1 Å². The summed E-state index contributed by atoms with van der Waals surface area (Å²) in [4.78, 5) is 48.2. The molecule has 3 amide bonds. The molecule has 0 spiro atoms. The third kappa shape index (κ3) is 7.17. The van der Waals surface area contributed by atoms with Gasteiger partial charge in [0.25, 0.3) is 0 Å². The molecule has 2 aromatic rings. The van der Waals surface area contributed by atoms with E-state index in [1.807, 2.05) is 24.8 Å². The molecule has 0 unspecified atom stereocenters. The van der Waals surface area contributed by atoms with E-state index in [1.165, 1.54) is 12.3 Å². The first kappa shape index (κ1) is 26.8. The van der Waals surface area contributed by atoms with Crippen LogP contribution in [0.2, 0.25) is 0 Å². The molecule has 9 heteroatoms. The van der Waals surface area contributed by atoms with Gasteiger partial charge in [-0.05, 0) is 70.1 Å². The Morgan fingerprint density at radius 1 is 1.19 bits per heavy atom. The smallest absolute Gasteiger partial charge is 0.243 e. The number of likely N-dealkylation sites (tertiary alicyclic amines) is 1. The summed E-state index contributed by atoms with van der Waals surface area (Å²) >= 11 is 0. The first-order chi connectivity index (χ1) is 17.7. The number of H-pyrrole nitrogens is 1. The molecule has 8 nitrogen and oxygen atoms in total. The highest BCUT2D eigenvalue weighted by molar-refractivity contribution is 5.92. The lowest BCUT2D eigenvalue weighted by atomic mass is 10.0. The number of aromatic amines is 1. The third-order valence-electron chi connectivity index (χ3n) is 7.41. The Labute approximate surface area is 217 Å². The summed E-state index contributed by atoms with van der Waals surface area (Å²) in [5, 5.41) is 5.68. The van der Waals surface area contributed by atoms with Gasteiger partial charge in [-0.15, -0.1) is 0 Å². The number of imidazole rings is 1. The average Bonchev–Trinajstić information content (AvgIpc) is 3.56. The molecule has 3 N–H and O–H groups in total. The van der Waals surface area contributed by atoms with Crippen molar-refractivity contribution >= 4 is 17.7 Å². The number of nitrogens with one attached hydrogen (secondary N) is 3. The van der Waals surface area contributed by atoms with E-state index in [1.54, 1.807) is 13.0 Å². The highest BCUT2D eigenvalue weighted by atomic mass is 19.1. The maximum Gasteiger partial charge on any atom is 0.243 e. The van der Waals surface area contributed by atoms with E-state index in [-0.39, 0.29) is 30.1 Å². The summed E-state index contributed by atoms with van der Waals surface area (Å²) in [5.74, 6) is -0.0819. The summed E-state index contributed by atoms with van der Waals surface area (Å²) in [6.07, 6.45) is 7.87. The van der Waals surface area contributed by atoms with E-state index < -0.39 is 18.0 Å².